The van der Waals surface area contributed by atoms with E-state index in [1.54, 1.807) is 17.0 Å². The van der Waals surface area contributed by atoms with Crippen molar-refractivity contribution < 1.29 is 9.47 Å². The monoisotopic (exact) mass is 338 g/mol. The number of fused-ring (bicyclic) bond motifs is 1. The van der Waals surface area contributed by atoms with Crippen LogP contribution in [-0.2, 0) is 11.3 Å². The van der Waals surface area contributed by atoms with Crippen LogP contribution in [0.15, 0.2) is 53.6 Å². The quantitative estimate of drug-likeness (QED) is 0.621. The second-order valence-corrected chi connectivity index (χ2v) is 5.99. The van der Waals surface area contributed by atoms with E-state index in [2.05, 4.69) is 18.0 Å². The number of rotatable bonds is 7. The van der Waals surface area contributed by atoms with Crippen LogP contribution in [0.25, 0.3) is 10.9 Å². The SMILES string of the molecule is Cc1ccc(OCCOCCn2cnc3ccccc3c2=O)c(C)c1. The number of nitrogens with zero attached hydrogens (tertiary/aromatic N) is 2. The largest absolute Gasteiger partial charge is 0.491 e. The van der Waals surface area contributed by atoms with Gasteiger partial charge in [0, 0.05) is 0 Å². The zero-order valence-corrected chi connectivity index (χ0v) is 14.6. The summed E-state index contributed by atoms with van der Waals surface area (Å²) in [7, 11) is 0. The molecule has 5 nitrogen and oxygen atoms in total. The molecule has 3 aromatic rings. The lowest BCUT2D eigenvalue weighted by Crippen LogP contribution is -2.23. The molecule has 0 spiro atoms. The van der Waals surface area contributed by atoms with Gasteiger partial charge in [-0.05, 0) is 37.6 Å². The molecule has 0 aliphatic rings. The molecule has 0 saturated carbocycles. The molecule has 0 unspecified atom stereocenters. The first-order chi connectivity index (χ1) is 12.1. The maximum atomic E-state index is 12.3. The second kappa shape index (κ2) is 7.94. The maximum absolute atomic E-state index is 12.3. The van der Waals surface area contributed by atoms with Crippen LogP contribution in [0, 0.1) is 13.8 Å². The highest BCUT2D eigenvalue weighted by molar-refractivity contribution is 5.76. The van der Waals surface area contributed by atoms with Crippen molar-refractivity contribution in [1.82, 2.24) is 9.55 Å². The minimum absolute atomic E-state index is 0.0410. The van der Waals surface area contributed by atoms with Crippen LogP contribution in [0.1, 0.15) is 11.1 Å². The summed E-state index contributed by atoms with van der Waals surface area (Å²) in [5.41, 5.74) is 3.01. The van der Waals surface area contributed by atoms with Crippen molar-refractivity contribution in [2.24, 2.45) is 0 Å². The Labute approximate surface area is 146 Å². The molecule has 0 bridgehead atoms. The lowest BCUT2D eigenvalue weighted by atomic mass is 10.1. The van der Waals surface area contributed by atoms with E-state index < -0.39 is 0 Å². The van der Waals surface area contributed by atoms with E-state index in [4.69, 9.17) is 9.47 Å². The summed E-state index contributed by atoms with van der Waals surface area (Å²) in [6, 6.07) is 13.4. The summed E-state index contributed by atoms with van der Waals surface area (Å²) in [5, 5.41) is 0.628. The fourth-order valence-electron chi connectivity index (χ4n) is 2.70. The van der Waals surface area contributed by atoms with Crippen molar-refractivity contribution in [3.63, 3.8) is 0 Å². The molecule has 0 aliphatic heterocycles. The molecule has 3 rings (SSSR count). The van der Waals surface area contributed by atoms with Crippen molar-refractivity contribution in [2.45, 2.75) is 20.4 Å². The van der Waals surface area contributed by atoms with Crippen LogP contribution in [-0.4, -0.2) is 29.4 Å². The van der Waals surface area contributed by atoms with Crippen LogP contribution in [0.2, 0.25) is 0 Å². The molecule has 0 N–H and O–H groups in total. The average molecular weight is 338 g/mol. The predicted molar refractivity (Wildman–Crippen MR) is 98.2 cm³/mol. The number of hydrogen-bond donors (Lipinski definition) is 0. The maximum Gasteiger partial charge on any atom is 0.261 e. The van der Waals surface area contributed by atoms with Crippen LogP contribution < -0.4 is 10.3 Å². The Hall–Kier alpha value is -2.66. The highest BCUT2D eigenvalue weighted by Gasteiger charge is 2.03. The van der Waals surface area contributed by atoms with Crippen LogP contribution >= 0.6 is 0 Å². The Bertz CT molecular complexity index is 918. The average Bonchev–Trinajstić information content (AvgIpc) is 2.61. The fraction of sp³-hybridized carbons (Fsp3) is 0.300. The van der Waals surface area contributed by atoms with Gasteiger partial charge in [-0.3, -0.25) is 9.36 Å². The van der Waals surface area contributed by atoms with E-state index in [1.165, 1.54) is 5.56 Å². The first-order valence-electron chi connectivity index (χ1n) is 8.37. The zero-order chi connectivity index (χ0) is 17.6. The molecular formula is C20H22N2O3. The summed E-state index contributed by atoms with van der Waals surface area (Å²) in [4.78, 5) is 16.6. The van der Waals surface area contributed by atoms with Gasteiger partial charge < -0.3 is 9.47 Å². The van der Waals surface area contributed by atoms with Gasteiger partial charge in [0.1, 0.15) is 12.4 Å². The highest BCUT2D eigenvalue weighted by Crippen LogP contribution is 2.18. The minimum atomic E-state index is -0.0410. The molecule has 0 amide bonds. The van der Waals surface area contributed by atoms with Gasteiger partial charge in [-0.15, -0.1) is 0 Å². The molecule has 0 atom stereocenters. The van der Waals surface area contributed by atoms with Crippen molar-refractivity contribution in [3.8, 4) is 5.75 Å². The van der Waals surface area contributed by atoms with Crippen LogP contribution in [0.3, 0.4) is 0 Å². The molecule has 25 heavy (non-hydrogen) atoms. The summed E-state index contributed by atoms with van der Waals surface area (Å²) < 4.78 is 12.9. The normalized spacial score (nSPS) is 11.0. The molecule has 0 fully saturated rings. The zero-order valence-electron chi connectivity index (χ0n) is 14.6. The molecule has 1 aromatic heterocycles. The van der Waals surface area contributed by atoms with Gasteiger partial charge in [-0.1, -0.05) is 29.8 Å². The minimum Gasteiger partial charge on any atom is -0.491 e. The molecule has 0 aliphatic carbocycles. The molecule has 1 heterocycles. The number of aromatic nitrogens is 2. The van der Waals surface area contributed by atoms with Gasteiger partial charge in [-0.2, -0.15) is 0 Å². The number of hydrogen-bond acceptors (Lipinski definition) is 4. The van der Waals surface area contributed by atoms with E-state index in [1.807, 2.05) is 37.3 Å². The summed E-state index contributed by atoms with van der Waals surface area (Å²) in [5.74, 6) is 0.879. The number of para-hydroxylation sites is 1. The van der Waals surface area contributed by atoms with Crippen molar-refractivity contribution >= 4 is 10.9 Å². The lowest BCUT2D eigenvalue weighted by Gasteiger charge is -2.11. The third-order valence-electron chi connectivity index (χ3n) is 4.02. The summed E-state index contributed by atoms with van der Waals surface area (Å²) in [6.07, 6.45) is 1.57. The molecule has 5 heteroatoms. The lowest BCUT2D eigenvalue weighted by molar-refractivity contribution is 0.0936. The van der Waals surface area contributed by atoms with E-state index in [0.29, 0.717) is 37.3 Å². The Morgan fingerprint density at radius 1 is 1.04 bits per heavy atom. The standard InChI is InChI=1S/C20H22N2O3/c1-15-7-8-19(16(2)13-15)25-12-11-24-10-9-22-14-21-18-6-4-3-5-17(18)20(22)23/h3-8,13-14H,9-12H2,1-2H3. The van der Waals surface area contributed by atoms with Gasteiger partial charge in [0.25, 0.3) is 5.56 Å². The van der Waals surface area contributed by atoms with E-state index in [0.717, 1.165) is 11.3 Å². The molecule has 2 aromatic carbocycles. The van der Waals surface area contributed by atoms with Crippen molar-refractivity contribution in [2.75, 3.05) is 19.8 Å². The van der Waals surface area contributed by atoms with E-state index in [9.17, 15) is 4.79 Å². The Kier molecular flexibility index (Phi) is 5.46. The van der Waals surface area contributed by atoms with Gasteiger partial charge in [0.15, 0.2) is 0 Å². The van der Waals surface area contributed by atoms with Gasteiger partial charge in [0.2, 0.25) is 0 Å². The highest BCUT2D eigenvalue weighted by atomic mass is 16.5. The van der Waals surface area contributed by atoms with E-state index >= 15 is 0 Å². The molecule has 130 valence electrons. The fourth-order valence-corrected chi connectivity index (χ4v) is 2.70. The smallest absolute Gasteiger partial charge is 0.261 e. The summed E-state index contributed by atoms with van der Waals surface area (Å²) >= 11 is 0. The topological polar surface area (TPSA) is 53.4 Å². The molecule has 0 radical (unpaired) electrons. The molecular weight excluding hydrogens is 316 g/mol. The van der Waals surface area contributed by atoms with Gasteiger partial charge in [0.05, 0.1) is 37.0 Å². The number of ether oxygens (including phenoxy) is 2. The Morgan fingerprint density at radius 2 is 1.88 bits per heavy atom. The third-order valence-corrected chi connectivity index (χ3v) is 4.02. The Morgan fingerprint density at radius 3 is 2.72 bits per heavy atom. The van der Waals surface area contributed by atoms with Gasteiger partial charge >= 0.3 is 0 Å². The Balaban J connectivity index is 1.46. The number of benzene rings is 2. The van der Waals surface area contributed by atoms with E-state index in [-0.39, 0.29) is 5.56 Å². The summed E-state index contributed by atoms with van der Waals surface area (Å²) in [6.45, 7) is 5.96. The number of aryl methyl sites for hydroxylation is 2. The second-order valence-electron chi connectivity index (χ2n) is 5.99. The third kappa shape index (κ3) is 4.25. The van der Waals surface area contributed by atoms with Gasteiger partial charge in [-0.25, -0.2) is 4.98 Å². The first kappa shape index (κ1) is 17.2. The van der Waals surface area contributed by atoms with Crippen LogP contribution in [0.4, 0.5) is 0 Å². The molecule has 0 saturated heterocycles. The van der Waals surface area contributed by atoms with Crippen molar-refractivity contribution in [3.05, 3.63) is 70.3 Å². The van der Waals surface area contributed by atoms with Crippen LogP contribution in [0.5, 0.6) is 5.75 Å². The van der Waals surface area contributed by atoms with Crippen molar-refractivity contribution in [1.29, 1.82) is 0 Å². The first-order valence-corrected chi connectivity index (χ1v) is 8.37. The predicted octanol–water partition coefficient (Wildman–Crippen LogP) is 3.11.